The second-order valence-corrected chi connectivity index (χ2v) is 11.3. The van der Waals surface area contributed by atoms with E-state index >= 15 is 0 Å². The number of hydrogen-bond donors (Lipinski definition) is 4. The maximum atomic E-state index is 13.2. The second kappa shape index (κ2) is 10.8. The molecule has 1 saturated carbocycles. The van der Waals surface area contributed by atoms with Crippen LogP contribution in [0.2, 0.25) is 0 Å². The van der Waals surface area contributed by atoms with Crippen LogP contribution in [-0.2, 0) is 17.8 Å². The lowest BCUT2D eigenvalue weighted by molar-refractivity contribution is -0.123. The van der Waals surface area contributed by atoms with Crippen LogP contribution in [0, 0.1) is 19.8 Å². The summed E-state index contributed by atoms with van der Waals surface area (Å²) in [6.45, 7) is 6.93. The van der Waals surface area contributed by atoms with Gasteiger partial charge in [0.05, 0.1) is 12.1 Å². The van der Waals surface area contributed by atoms with E-state index in [-0.39, 0.29) is 17.7 Å². The van der Waals surface area contributed by atoms with Gasteiger partial charge in [0.15, 0.2) is 0 Å². The summed E-state index contributed by atoms with van der Waals surface area (Å²) in [6.07, 6.45) is 9.51. The zero-order valence-electron chi connectivity index (χ0n) is 21.9. The predicted molar refractivity (Wildman–Crippen MR) is 145 cm³/mol. The monoisotopic (exact) mass is 490 g/mol. The van der Waals surface area contributed by atoms with Gasteiger partial charge in [-0.1, -0.05) is 25.0 Å². The summed E-state index contributed by atoms with van der Waals surface area (Å²) in [5.41, 5.74) is 13.0. The number of rotatable bonds is 6. The summed E-state index contributed by atoms with van der Waals surface area (Å²) in [4.78, 5) is 15.9. The molecule has 1 amide bonds. The number of aromatic hydroxyl groups is 1. The number of fused-ring (bicyclic) bond motifs is 2. The van der Waals surface area contributed by atoms with E-state index in [4.69, 9.17) is 5.73 Å². The molecule has 2 aliphatic heterocycles. The minimum atomic E-state index is -0.634. The molecule has 1 aliphatic carbocycles. The van der Waals surface area contributed by atoms with Crippen LogP contribution in [0.25, 0.3) is 0 Å². The molecule has 36 heavy (non-hydrogen) atoms. The lowest BCUT2D eigenvalue weighted by Crippen LogP contribution is -2.46. The van der Waals surface area contributed by atoms with Crippen LogP contribution in [-0.4, -0.2) is 41.1 Å². The fourth-order valence-electron chi connectivity index (χ4n) is 6.86. The Balaban J connectivity index is 1.27. The number of carbonyl (C=O) groups excluding carboxylic acids is 1. The molecule has 194 valence electrons. The summed E-state index contributed by atoms with van der Waals surface area (Å²) < 4.78 is 0. The van der Waals surface area contributed by atoms with E-state index < -0.39 is 6.04 Å². The third-order valence-corrected chi connectivity index (χ3v) is 8.74. The largest absolute Gasteiger partial charge is 0.508 e. The molecule has 5 rings (SSSR count). The summed E-state index contributed by atoms with van der Waals surface area (Å²) in [7, 11) is 0. The van der Waals surface area contributed by atoms with Crippen molar-refractivity contribution in [2.75, 3.05) is 18.4 Å². The summed E-state index contributed by atoms with van der Waals surface area (Å²) in [5.74, 6) is 1.00. The molecule has 0 radical (unpaired) electrons. The number of hydrogen-bond acceptors (Lipinski definition) is 5. The van der Waals surface area contributed by atoms with Crippen molar-refractivity contribution in [3.63, 3.8) is 0 Å². The van der Waals surface area contributed by atoms with Gasteiger partial charge in [-0.2, -0.15) is 0 Å². The minimum absolute atomic E-state index is 0.0365. The molecule has 0 spiro atoms. The van der Waals surface area contributed by atoms with Crippen molar-refractivity contribution < 1.29 is 9.90 Å². The summed E-state index contributed by atoms with van der Waals surface area (Å²) in [6, 6.07) is 10.3. The van der Waals surface area contributed by atoms with Gasteiger partial charge in [0, 0.05) is 24.8 Å². The van der Waals surface area contributed by atoms with Crippen molar-refractivity contribution in [2.45, 2.75) is 89.9 Å². The molecule has 6 nitrogen and oxygen atoms in total. The van der Waals surface area contributed by atoms with Crippen molar-refractivity contribution >= 4 is 11.6 Å². The van der Waals surface area contributed by atoms with Crippen LogP contribution in [0.15, 0.2) is 30.3 Å². The average molecular weight is 491 g/mol. The number of anilines is 1. The van der Waals surface area contributed by atoms with Crippen LogP contribution in [0.5, 0.6) is 5.75 Å². The first-order valence-electron chi connectivity index (χ1n) is 13.8. The topological polar surface area (TPSA) is 90.6 Å². The van der Waals surface area contributed by atoms with Crippen molar-refractivity contribution in [1.82, 2.24) is 10.2 Å². The first-order chi connectivity index (χ1) is 17.4. The molecule has 4 atom stereocenters. The number of benzene rings is 2. The van der Waals surface area contributed by atoms with Crippen molar-refractivity contribution in [2.24, 2.45) is 11.7 Å². The number of likely N-dealkylation sites (tertiary alicyclic amines) is 1. The highest BCUT2D eigenvalue weighted by atomic mass is 16.3. The Labute approximate surface area is 215 Å². The van der Waals surface area contributed by atoms with E-state index in [9.17, 15) is 9.90 Å². The Bertz CT molecular complexity index is 1080. The summed E-state index contributed by atoms with van der Waals surface area (Å²) in [5, 5.41) is 16.6. The molecule has 2 heterocycles. The average Bonchev–Trinajstić information content (AvgIpc) is 2.86. The van der Waals surface area contributed by atoms with Gasteiger partial charge in [-0.05, 0) is 111 Å². The van der Waals surface area contributed by atoms with Crippen molar-refractivity contribution in [3.8, 4) is 5.75 Å². The maximum absolute atomic E-state index is 13.2. The fourth-order valence-corrected chi connectivity index (χ4v) is 6.86. The van der Waals surface area contributed by atoms with Gasteiger partial charge >= 0.3 is 0 Å². The highest BCUT2D eigenvalue weighted by Crippen LogP contribution is 2.37. The number of amides is 1. The fraction of sp³-hybridized carbons (Fsp3) is 0.567. The third kappa shape index (κ3) is 5.40. The lowest BCUT2D eigenvalue weighted by Gasteiger charge is -2.44. The molecule has 5 N–H and O–H groups in total. The highest BCUT2D eigenvalue weighted by Gasteiger charge is 2.33. The molecule has 2 fully saturated rings. The molecule has 3 aliphatic rings. The van der Waals surface area contributed by atoms with E-state index in [1.165, 1.54) is 56.2 Å². The SMILES string of the molecule is Cc1cc(O)cc(C)c1CC(N)C(=O)NC1CCNc2ccc(CN3CCC[C@H]4CCCC[C@@H]43)cc21. The Kier molecular flexibility index (Phi) is 7.54. The number of carbonyl (C=O) groups is 1. The molecular formula is C30H42N4O2. The molecule has 0 bridgehead atoms. The van der Waals surface area contributed by atoms with Gasteiger partial charge in [-0.25, -0.2) is 0 Å². The summed E-state index contributed by atoms with van der Waals surface area (Å²) >= 11 is 0. The quantitative estimate of drug-likeness (QED) is 0.471. The molecule has 1 saturated heterocycles. The predicted octanol–water partition coefficient (Wildman–Crippen LogP) is 4.71. The van der Waals surface area contributed by atoms with Gasteiger partial charge in [0.25, 0.3) is 0 Å². The van der Waals surface area contributed by atoms with Crippen LogP contribution in [0.3, 0.4) is 0 Å². The molecule has 2 aromatic carbocycles. The third-order valence-electron chi connectivity index (χ3n) is 8.74. The van der Waals surface area contributed by atoms with Crippen molar-refractivity contribution in [1.29, 1.82) is 0 Å². The minimum Gasteiger partial charge on any atom is -0.508 e. The molecule has 0 aromatic heterocycles. The Morgan fingerprint density at radius 1 is 1.11 bits per heavy atom. The number of phenolic OH excluding ortho intramolecular Hbond substituents is 1. The molecule has 6 heteroatoms. The molecule has 2 unspecified atom stereocenters. The number of nitrogens with one attached hydrogen (secondary N) is 2. The lowest BCUT2D eigenvalue weighted by atomic mass is 9.78. The first kappa shape index (κ1) is 25.1. The molecular weight excluding hydrogens is 448 g/mol. The maximum Gasteiger partial charge on any atom is 0.237 e. The second-order valence-electron chi connectivity index (χ2n) is 11.3. The number of piperidine rings is 1. The number of nitrogens with zero attached hydrogens (tertiary/aromatic N) is 1. The van der Waals surface area contributed by atoms with Gasteiger partial charge in [-0.15, -0.1) is 0 Å². The zero-order chi connectivity index (χ0) is 25.2. The number of nitrogens with two attached hydrogens (primary N) is 1. The number of phenols is 1. The van der Waals surface area contributed by atoms with Crippen molar-refractivity contribution in [3.05, 3.63) is 58.1 Å². The highest BCUT2D eigenvalue weighted by molar-refractivity contribution is 5.82. The van der Waals surface area contributed by atoms with Crippen LogP contribution in [0.1, 0.15) is 78.8 Å². The van der Waals surface area contributed by atoms with Gasteiger partial charge in [-0.3, -0.25) is 9.69 Å². The van der Waals surface area contributed by atoms with Crippen LogP contribution >= 0.6 is 0 Å². The van der Waals surface area contributed by atoms with Gasteiger partial charge in [0.1, 0.15) is 5.75 Å². The van der Waals surface area contributed by atoms with E-state index in [1.54, 1.807) is 12.1 Å². The van der Waals surface area contributed by atoms with Crippen LogP contribution in [0.4, 0.5) is 5.69 Å². The Morgan fingerprint density at radius 2 is 1.86 bits per heavy atom. The normalized spacial score (nSPS) is 24.8. The Hall–Kier alpha value is -2.57. The van der Waals surface area contributed by atoms with E-state index in [0.29, 0.717) is 6.42 Å². The van der Waals surface area contributed by atoms with E-state index in [1.807, 2.05) is 13.8 Å². The Morgan fingerprint density at radius 3 is 2.67 bits per heavy atom. The van der Waals surface area contributed by atoms with E-state index in [0.717, 1.165) is 53.8 Å². The van der Waals surface area contributed by atoms with E-state index in [2.05, 4.69) is 33.7 Å². The van der Waals surface area contributed by atoms with Gasteiger partial charge < -0.3 is 21.5 Å². The van der Waals surface area contributed by atoms with Crippen LogP contribution < -0.4 is 16.4 Å². The first-order valence-corrected chi connectivity index (χ1v) is 13.8. The zero-order valence-corrected chi connectivity index (χ0v) is 21.9. The van der Waals surface area contributed by atoms with Gasteiger partial charge in [0.2, 0.25) is 5.91 Å². The standard InChI is InChI=1S/C30H42N4O2/c1-19-14-23(35)15-20(2)24(19)17-26(31)30(36)33-28-11-12-32-27-10-9-21(16-25(27)28)18-34-13-5-7-22-6-3-4-8-29(22)34/h9-10,14-16,22,26,28-29,32,35H,3-8,11-13,17-18,31H2,1-2H3,(H,33,36)/t22-,26?,28?,29+/m1/s1. The molecule has 2 aromatic rings. The number of aryl methyl sites for hydroxylation is 2. The smallest absolute Gasteiger partial charge is 0.237 e.